The quantitative estimate of drug-likeness (QED) is 0.903. The van der Waals surface area contributed by atoms with Crippen LogP contribution in [0.15, 0.2) is 42.6 Å². The highest BCUT2D eigenvalue weighted by atomic mass is 16.5. The number of benzene rings is 1. The minimum Gasteiger partial charge on any atom is -0.493 e. The minimum absolute atomic E-state index is 0.364. The van der Waals surface area contributed by atoms with E-state index in [1.54, 1.807) is 0 Å². The van der Waals surface area contributed by atoms with Gasteiger partial charge in [-0.05, 0) is 35.7 Å². The van der Waals surface area contributed by atoms with Gasteiger partial charge in [0.25, 0.3) is 0 Å². The summed E-state index contributed by atoms with van der Waals surface area (Å²) < 4.78 is 5.57. The molecule has 0 radical (unpaired) electrons. The van der Waals surface area contributed by atoms with E-state index in [-0.39, 0.29) is 0 Å². The first-order chi connectivity index (χ1) is 9.86. The lowest BCUT2D eigenvalue weighted by Gasteiger charge is -2.18. The second-order valence-electron chi connectivity index (χ2n) is 5.13. The summed E-state index contributed by atoms with van der Waals surface area (Å²) in [5, 5.41) is 3.59. The maximum absolute atomic E-state index is 5.57. The van der Waals surface area contributed by atoms with Gasteiger partial charge in [0.2, 0.25) is 0 Å². The van der Waals surface area contributed by atoms with Crippen LogP contribution in [0.5, 0.6) is 5.75 Å². The smallest absolute Gasteiger partial charge is 0.122 e. The van der Waals surface area contributed by atoms with Crippen molar-refractivity contribution in [2.24, 2.45) is 0 Å². The van der Waals surface area contributed by atoms with Crippen LogP contribution in [0.25, 0.3) is 0 Å². The van der Waals surface area contributed by atoms with E-state index in [1.807, 2.05) is 18.3 Å². The molecule has 3 heteroatoms. The molecule has 1 aliphatic rings. The molecule has 2 heterocycles. The number of hydrogen-bond acceptors (Lipinski definition) is 3. The summed E-state index contributed by atoms with van der Waals surface area (Å²) in [6, 6.07) is 12.9. The highest BCUT2D eigenvalue weighted by molar-refractivity contribution is 5.40. The van der Waals surface area contributed by atoms with Gasteiger partial charge in [-0.1, -0.05) is 25.1 Å². The molecule has 0 fully saturated rings. The van der Waals surface area contributed by atoms with Crippen LogP contribution in [-0.4, -0.2) is 11.6 Å². The average molecular weight is 268 g/mol. The van der Waals surface area contributed by atoms with Crippen LogP contribution in [0.2, 0.25) is 0 Å². The Balaban J connectivity index is 1.70. The monoisotopic (exact) mass is 268 g/mol. The first-order valence-electron chi connectivity index (χ1n) is 7.25. The molecular formula is C17H20N2O. The Morgan fingerprint density at radius 2 is 2.25 bits per heavy atom. The molecule has 0 bridgehead atoms. The third kappa shape index (κ3) is 2.83. The fraction of sp³-hybridized carbons (Fsp3) is 0.353. The predicted molar refractivity (Wildman–Crippen MR) is 79.7 cm³/mol. The van der Waals surface area contributed by atoms with Gasteiger partial charge in [-0.2, -0.15) is 0 Å². The molecular weight excluding hydrogens is 248 g/mol. The number of aromatic nitrogens is 1. The number of nitrogens with one attached hydrogen (secondary N) is 1. The van der Waals surface area contributed by atoms with E-state index in [2.05, 4.69) is 41.5 Å². The van der Waals surface area contributed by atoms with Crippen molar-refractivity contribution < 1.29 is 4.74 Å². The van der Waals surface area contributed by atoms with Crippen molar-refractivity contribution >= 4 is 0 Å². The van der Waals surface area contributed by atoms with Gasteiger partial charge < -0.3 is 10.1 Å². The van der Waals surface area contributed by atoms with Gasteiger partial charge in [0.15, 0.2) is 0 Å². The third-order valence-electron chi connectivity index (χ3n) is 3.78. The molecule has 0 saturated carbocycles. The summed E-state index contributed by atoms with van der Waals surface area (Å²) in [5.74, 6) is 1.05. The topological polar surface area (TPSA) is 34.2 Å². The number of nitrogens with zero attached hydrogens (tertiary/aromatic N) is 1. The van der Waals surface area contributed by atoms with Crippen LogP contribution in [0.3, 0.4) is 0 Å². The van der Waals surface area contributed by atoms with Crippen molar-refractivity contribution in [3.8, 4) is 5.75 Å². The molecule has 0 amide bonds. The van der Waals surface area contributed by atoms with Crippen molar-refractivity contribution in [1.29, 1.82) is 0 Å². The van der Waals surface area contributed by atoms with Crippen LogP contribution >= 0.6 is 0 Å². The number of hydrogen-bond donors (Lipinski definition) is 1. The Morgan fingerprint density at radius 1 is 1.30 bits per heavy atom. The third-order valence-corrected chi connectivity index (χ3v) is 3.78. The van der Waals surface area contributed by atoms with Gasteiger partial charge in [0.1, 0.15) is 5.75 Å². The second kappa shape index (κ2) is 6.06. The molecule has 0 saturated heterocycles. The molecule has 1 N–H and O–H groups in total. The Morgan fingerprint density at radius 3 is 3.05 bits per heavy atom. The molecule has 1 aliphatic heterocycles. The normalized spacial score (nSPS) is 14.7. The zero-order chi connectivity index (χ0) is 13.8. The molecule has 1 atom stereocenters. The van der Waals surface area contributed by atoms with Crippen molar-refractivity contribution in [3.63, 3.8) is 0 Å². The lowest BCUT2D eigenvalue weighted by molar-refractivity contribution is 0.356. The molecule has 1 aromatic heterocycles. The molecule has 1 aromatic carbocycles. The lowest BCUT2D eigenvalue weighted by atomic mass is 10.0. The van der Waals surface area contributed by atoms with Gasteiger partial charge in [-0.25, -0.2) is 0 Å². The molecule has 20 heavy (non-hydrogen) atoms. The van der Waals surface area contributed by atoms with Crippen LogP contribution in [0.1, 0.15) is 36.2 Å². The van der Waals surface area contributed by atoms with E-state index in [0.717, 1.165) is 37.4 Å². The Hall–Kier alpha value is -1.87. The van der Waals surface area contributed by atoms with E-state index in [9.17, 15) is 0 Å². The molecule has 2 aromatic rings. The van der Waals surface area contributed by atoms with Crippen LogP contribution in [-0.2, 0) is 13.0 Å². The fourth-order valence-electron chi connectivity index (χ4n) is 2.65. The first-order valence-corrected chi connectivity index (χ1v) is 7.25. The van der Waals surface area contributed by atoms with Gasteiger partial charge in [-0.3, -0.25) is 4.98 Å². The molecule has 3 nitrogen and oxygen atoms in total. The number of rotatable bonds is 5. The van der Waals surface area contributed by atoms with Gasteiger partial charge in [-0.15, -0.1) is 0 Å². The van der Waals surface area contributed by atoms with Crippen molar-refractivity contribution in [2.45, 2.75) is 32.4 Å². The molecule has 0 aliphatic carbocycles. The van der Waals surface area contributed by atoms with Crippen molar-refractivity contribution in [3.05, 3.63) is 59.4 Å². The summed E-state index contributed by atoms with van der Waals surface area (Å²) in [6.07, 6.45) is 3.93. The minimum atomic E-state index is 0.364. The number of ether oxygens (including phenoxy) is 1. The number of pyridine rings is 1. The SMILES string of the molecule is CCC(NCc1ccccn1)c1ccc2c(c1)CCO2. The number of fused-ring (bicyclic) bond motifs is 1. The van der Waals surface area contributed by atoms with Crippen LogP contribution in [0.4, 0.5) is 0 Å². The summed E-state index contributed by atoms with van der Waals surface area (Å²) in [7, 11) is 0. The summed E-state index contributed by atoms with van der Waals surface area (Å²) in [6.45, 7) is 3.82. The van der Waals surface area contributed by atoms with E-state index < -0.39 is 0 Å². The second-order valence-corrected chi connectivity index (χ2v) is 5.13. The molecule has 104 valence electrons. The summed E-state index contributed by atoms with van der Waals surface area (Å²) >= 11 is 0. The largest absolute Gasteiger partial charge is 0.493 e. The van der Waals surface area contributed by atoms with E-state index >= 15 is 0 Å². The first kappa shape index (κ1) is 13.1. The highest BCUT2D eigenvalue weighted by Crippen LogP contribution is 2.29. The zero-order valence-corrected chi connectivity index (χ0v) is 11.8. The van der Waals surface area contributed by atoms with Crippen LogP contribution < -0.4 is 10.1 Å². The van der Waals surface area contributed by atoms with E-state index in [4.69, 9.17) is 4.74 Å². The zero-order valence-electron chi connectivity index (χ0n) is 11.8. The Kier molecular flexibility index (Phi) is 3.97. The van der Waals surface area contributed by atoms with Gasteiger partial charge in [0, 0.05) is 25.2 Å². The molecule has 0 spiro atoms. The van der Waals surface area contributed by atoms with Crippen molar-refractivity contribution in [2.75, 3.05) is 6.61 Å². The van der Waals surface area contributed by atoms with E-state index in [0.29, 0.717) is 6.04 Å². The standard InChI is InChI=1S/C17H20N2O/c1-2-16(19-12-15-5-3-4-9-18-15)13-6-7-17-14(11-13)8-10-20-17/h3-7,9,11,16,19H,2,8,10,12H2,1H3. The average Bonchev–Trinajstić information content (AvgIpc) is 2.96. The maximum Gasteiger partial charge on any atom is 0.122 e. The van der Waals surface area contributed by atoms with E-state index in [1.165, 1.54) is 11.1 Å². The van der Waals surface area contributed by atoms with Crippen LogP contribution in [0, 0.1) is 0 Å². The highest BCUT2D eigenvalue weighted by Gasteiger charge is 2.15. The van der Waals surface area contributed by atoms with Crippen molar-refractivity contribution in [1.82, 2.24) is 10.3 Å². The summed E-state index contributed by atoms with van der Waals surface area (Å²) in [5.41, 5.74) is 3.75. The van der Waals surface area contributed by atoms with Gasteiger partial charge in [0.05, 0.1) is 12.3 Å². The van der Waals surface area contributed by atoms with Gasteiger partial charge >= 0.3 is 0 Å². The Bertz CT molecular complexity index is 568. The summed E-state index contributed by atoms with van der Waals surface area (Å²) in [4.78, 5) is 4.35. The molecule has 1 unspecified atom stereocenters. The maximum atomic E-state index is 5.57. The Labute approximate surface area is 120 Å². The predicted octanol–water partition coefficient (Wildman–Crippen LogP) is 3.26. The lowest BCUT2D eigenvalue weighted by Crippen LogP contribution is -2.20. The molecule has 3 rings (SSSR count). The fourth-order valence-corrected chi connectivity index (χ4v) is 2.65.